The van der Waals surface area contributed by atoms with Crippen molar-refractivity contribution in [2.75, 3.05) is 12.4 Å². The van der Waals surface area contributed by atoms with Gasteiger partial charge in [0.05, 0.1) is 11.7 Å². The van der Waals surface area contributed by atoms with E-state index in [4.69, 9.17) is 0 Å². The van der Waals surface area contributed by atoms with E-state index in [1.165, 1.54) is 5.56 Å². The SMILES string of the molecule is CNc1cccc(-c2ccc3cnc(-c4cccc(C)n4)n3c2)c1. The highest BCUT2D eigenvalue weighted by atomic mass is 15.0. The van der Waals surface area contributed by atoms with E-state index in [-0.39, 0.29) is 0 Å². The van der Waals surface area contributed by atoms with Crippen molar-refractivity contribution >= 4 is 11.2 Å². The van der Waals surface area contributed by atoms with E-state index in [2.05, 4.69) is 62.3 Å². The summed E-state index contributed by atoms with van der Waals surface area (Å²) in [5, 5.41) is 3.18. The van der Waals surface area contributed by atoms with Crippen molar-refractivity contribution in [2.24, 2.45) is 0 Å². The first-order valence-electron chi connectivity index (χ1n) is 7.94. The van der Waals surface area contributed by atoms with Crippen LogP contribution < -0.4 is 5.32 Å². The van der Waals surface area contributed by atoms with Crippen LogP contribution in [0.4, 0.5) is 5.69 Å². The molecule has 3 aromatic heterocycles. The molecule has 118 valence electrons. The maximum atomic E-state index is 4.60. The number of benzene rings is 1. The van der Waals surface area contributed by atoms with Crippen molar-refractivity contribution in [3.05, 3.63) is 72.7 Å². The first kappa shape index (κ1) is 14.5. The first-order valence-corrected chi connectivity index (χ1v) is 7.94. The quantitative estimate of drug-likeness (QED) is 0.609. The third-order valence-electron chi connectivity index (χ3n) is 4.13. The van der Waals surface area contributed by atoms with E-state index in [9.17, 15) is 0 Å². The number of hydrogen-bond donors (Lipinski definition) is 1. The van der Waals surface area contributed by atoms with Gasteiger partial charge in [-0.05, 0) is 48.4 Å². The Balaban J connectivity index is 1.87. The van der Waals surface area contributed by atoms with Crippen LogP contribution in [0.25, 0.3) is 28.2 Å². The van der Waals surface area contributed by atoms with Crippen LogP contribution in [0.3, 0.4) is 0 Å². The molecule has 0 spiro atoms. The van der Waals surface area contributed by atoms with Gasteiger partial charge >= 0.3 is 0 Å². The van der Waals surface area contributed by atoms with Gasteiger partial charge in [-0.15, -0.1) is 0 Å². The molecule has 0 aliphatic heterocycles. The molecular formula is C20H18N4. The molecule has 4 aromatic rings. The van der Waals surface area contributed by atoms with Crippen LogP contribution in [-0.4, -0.2) is 21.4 Å². The van der Waals surface area contributed by atoms with Gasteiger partial charge in [-0.3, -0.25) is 4.40 Å². The minimum absolute atomic E-state index is 0.861. The fraction of sp³-hybridized carbons (Fsp3) is 0.100. The molecule has 0 saturated carbocycles. The van der Waals surface area contributed by atoms with E-state index >= 15 is 0 Å². The predicted octanol–water partition coefficient (Wildman–Crippen LogP) is 4.41. The number of hydrogen-bond acceptors (Lipinski definition) is 3. The lowest BCUT2D eigenvalue weighted by molar-refractivity contribution is 1.11. The molecule has 0 radical (unpaired) electrons. The lowest BCUT2D eigenvalue weighted by Gasteiger charge is -2.07. The van der Waals surface area contributed by atoms with Gasteiger partial charge in [0.15, 0.2) is 5.82 Å². The third-order valence-corrected chi connectivity index (χ3v) is 4.13. The summed E-state index contributed by atoms with van der Waals surface area (Å²) in [6.07, 6.45) is 4.00. The second kappa shape index (κ2) is 5.81. The van der Waals surface area contributed by atoms with Crippen molar-refractivity contribution in [3.8, 4) is 22.6 Å². The van der Waals surface area contributed by atoms with Crippen LogP contribution in [0.1, 0.15) is 5.69 Å². The molecule has 0 saturated heterocycles. The van der Waals surface area contributed by atoms with E-state index in [1.54, 1.807) is 0 Å². The zero-order valence-corrected chi connectivity index (χ0v) is 13.7. The standard InChI is InChI=1S/C20H18N4/c1-14-5-3-8-19(23-14)20-22-12-18-10-9-16(13-24(18)20)15-6-4-7-17(11-15)21-2/h3-13,21H,1-2H3. The van der Waals surface area contributed by atoms with Gasteiger partial charge in [0, 0.05) is 24.6 Å². The lowest BCUT2D eigenvalue weighted by atomic mass is 10.1. The van der Waals surface area contributed by atoms with Crippen molar-refractivity contribution in [1.29, 1.82) is 0 Å². The number of nitrogens with zero attached hydrogens (tertiary/aromatic N) is 3. The van der Waals surface area contributed by atoms with Crippen LogP contribution in [0.15, 0.2) is 67.0 Å². The van der Waals surface area contributed by atoms with Crippen LogP contribution in [0, 0.1) is 6.92 Å². The predicted molar refractivity (Wildman–Crippen MR) is 98.1 cm³/mol. The Hall–Kier alpha value is -3.14. The van der Waals surface area contributed by atoms with Gasteiger partial charge in [-0.2, -0.15) is 0 Å². The molecule has 1 aromatic carbocycles. The maximum absolute atomic E-state index is 4.60. The average molecular weight is 314 g/mol. The Kier molecular flexibility index (Phi) is 3.50. The van der Waals surface area contributed by atoms with Crippen LogP contribution >= 0.6 is 0 Å². The molecule has 0 unspecified atom stereocenters. The maximum Gasteiger partial charge on any atom is 0.163 e. The molecule has 0 aliphatic carbocycles. The summed E-state index contributed by atoms with van der Waals surface area (Å²) < 4.78 is 2.10. The molecule has 0 atom stereocenters. The van der Waals surface area contributed by atoms with Gasteiger partial charge in [0.25, 0.3) is 0 Å². The fourth-order valence-corrected chi connectivity index (χ4v) is 2.87. The van der Waals surface area contributed by atoms with Crippen molar-refractivity contribution in [3.63, 3.8) is 0 Å². The number of aryl methyl sites for hydroxylation is 1. The number of aromatic nitrogens is 3. The third kappa shape index (κ3) is 2.52. The topological polar surface area (TPSA) is 42.2 Å². The summed E-state index contributed by atoms with van der Waals surface area (Å²) in [6.45, 7) is 1.99. The molecule has 0 aliphatic rings. The number of anilines is 1. The molecule has 0 bridgehead atoms. The molecule has 4 heteroatoms. The number of nitrogens with one attached hydrogen (secondary N) is 1. The van der Waals surface area contributed by atoms with Crippen molar-refractivity contribution in [1.82, 2.24) is 14.4 Å². The summed E-state index contributed by atoms with van der Waals surface area (Å²) in [7, 11) is 1.93. The van der Waals surface area contributed by atoms with Crippen LogP contribution in [0.5, 0.6) is 0 Å². The average Bonchev–Trinajstić information content (AvgIpc) is 3.05. The highest BCUT2D eigenvalue weighted by molar-refractivity contribution is 5.71. The Morgan fingerprint density at radius 1 is 0.958 bits per heavy atom. The second-order valence-electron chi connectivity index (χ2n) is 5.79. The van der Waals surface area contributed by atoms with Crippen molar-refractivity contribution < 1.29 is 0 Å². The Morgan fingerprint density at radius 2 is 1.83 bits per heavy atom. The number of rotatable bonds is 3. The normalized spacial score (nSPS) is 10.9. The molecular weight excluding hydrogens is 296 g/mol. The first-order chi connectivity index (χ1) is 11.7. The molecule has 1 N–H and O–H groups in total. The summed E-state index contributed by atoms with van der Waals surface area (Å²) >= 11 is 0. The Morgan fingerprint density at radius 3 is 2.67 bits per heavy atom. The summed E-state index contributed by atoms with van der Waals surface area (Å²) in [4.78, 5) is 9.17. The molecule has 0 fully saturated rings. The van der Waals surface area contributed by atoms with Gasteiger partial charge in [0.2, 0.25) is 0 Å². The molecule has 3 heterocycles. The zero-order chi connectivity index (χ0) is 16.5. The lowest BCUT2D eigenvalue weighted by Crippen LogP contribution is -1.94. The fourth-order valence-electron chi connectivity index (χ4n) is 2.87. The zero-order valence-electron chi connectivity index (χ0n) is 13.7. The van der Waals surface area contributed by atoms with Crippen molar-refractivity contribution in [2.45, 2.75) is 6.92 Å². The van der Waals surface area contributed by atoms with Gasteiger partial charge in [-0.25, -0.2) is 9.97 Å². The monoisotopic (exact) mass is 314 g/mol. The minimum Gasteiger partial charge on any atom is -0.388 e. The summed E-state index contributed by atoms with van der Waals surface area (Å²) in [5.41, 5.74) is 6.34. The smallest absolute Gasteiger partial charge is 0.163 e. The molecule has 4 nitrogen and oxygen atoms in total. The number of pyridine rings is 2. The van der Waals surface area contributed by atoms with E-state index in [0.29, 0.717) is 0 Å². The van der Waals surface area contributed by atoms with E-state index < -0.39 is 0 Å². The van der Waals surface area contributed by atoms with Gasteiger partial charge < -0.3 is 5.32 Å². The van der Waals surface area contributed by atoms with Crippen LogP contribution in [0.2, 0.25) is 0 Å². The number of imidazole rings is 1. The Labute approximate surface area is 140 Å². The van der Waals surface area contributed by atoms with Crippen LogP contribution in [-0.2, 0) is 0 Å². The molecule has 0 amide bonds. The largest absolute Gasteiger partial charge is 0.388 e. The highest BCUT2D eigenvalue weighted by Gasteiger charge is 2.09. The second-order valence-corrected chi connectivity index (χ2v) is 5.79. The summed E-state index contributed by atoms with van der Waals surface area (Å²) in [5.74, 6) is 0.861. The number of fused-ring (bicyclic) bond motifs is 1. The highest BCUT2D eigenvalue weighted by Crippen LogP contribution is 2.25. The molecule has 24 heavy (non-hydrogen) atoms. The summed E-state index contributed by atoms with van der Waals surface area (Å²) in [6, 6.07) is 18.6. The van der Waals surface area contributed by atoms with Gasteiger partial charge in [-0.1, -0.05) is 24.3 Å². The van der Waals surface area contributed by atoms with Gasteiger partial charge in [0.1, 0.15) is 5.69 Å². The molecule has 4 rings (SSSR count). The van der Waals surface area contributed by atoms with E-state index in [0.717, 1.165) is 34.0 Å². The Bertz CT molecular complexity index is 1020. The minimum atomic E-state index is 0.861. The van der Waals surface area contributed by atoms with E-state index in [1.807, 2.05) is 38.4 Å².